The first-order valence-electron chi connectivity index (χ1n) is 12.2. The minimum absolute atomic E-state index is 0.0565. The van der Waals surface area contributed by atoms with Crippen LogP contribution in [0.1, 0.15) is 47.5 Å². The van der Waals surface area contributed by atoms with Crippen molar-refractivity contribution in [3.63, 3.8) is 0 Å². The average molecular weight is 464 g/mol. The molecule has 3 aromatic rings. The lowest BCUT2D eigenvalue weighted by molar-refractivity contribution is 0.0304. The fourth-order valence-electron chi connectivity index (χ4n) is 5.46. The van der Waals surface area contributed by atoms with Crippen molar-refractivity contribution in [1.82, 2.24) is 14.5 Å². The number of fused-ring (bicyclic) bond motifs is 1. The third kappa shape index (κ3) is 4.49. The fraction of sp³-hybridized carbons (Fsp3) is 0.481. The Morgan fingerprint density at radius 1 is 1.09 bits per heavy atom. The smallest absolute Gasteiger partial charge is 0.257 e. The zero-order valence-corrected chi connectivity index (χ0v) is 20.0. The molecule has 2 aromatic heterocycles. The van der Waals surface area contributed by atoms with Crippen LogP contribution < -0.4 is 9.47 Å². The highest BCUT2D eigenvalue weighted by molar-refractivity contribution is 6.05. The number of methoxy groups -OCH3 is 2. The lowest BCUT2D eigenvalue weighted by Gasteiger charge is -2.30. The lowest BCUT2D eigenvalue weighted by Crippen LogP contribution is -2.40. The van der Waals surface area contributed by atoms with Gasteiger partial charge in [-0.2, -0.15) is 0 Å². The zero-order chi connectivity index (χ0) is 23.5. The van der Waals surface area contributed by atoms with E-state index in [1.54, 1.807) is 20.4 Å². The second-order valence-corrected chi connectivity index (χ2v) is 9.30. The van der Waals surface area contributed by atoms with Crippen LogP contribution in [-0.4, -0.2) is 60.9 Å². The van der Waals surface area contributed by atoms with Crippen molar-refractivity contribution in [3.8, 4) is 11.5 Å². The zero-order valence-electron chi connectivity index (χ0n) is 20.0. The summed E-state index contributed by atoms with van der Waals surface area (Å²) in [5.41, 5.74) is 3.82. The van der Waals surface area contributed by atoms with Crippen molar-refractivity contribution in [2.45, 2.75) is 38.1 Å². The SMILES string of the molecule is COc1ccc(C2CCC(Cn3cc(C(=O)N4CCOCC4)c4ncccc43)CC2)c(OC)c1. The summed E-state index contributed by atoms with van der Waals surface area (Å²) < 4.78 is 18.7. The number of pyridine rings is 1. The molecule has 7 nitrogen and oxygen atoms in total. The van der Waals surface area contributed by atoms with Crippen molar-refractivity contribution in [1.29, 1.82) is 0 Å². The van der Waals surface area contributed by atoms with E-state index in [1.165, 1.54) is 5.56 Å². The van der Waals surface area contributed by atoms with Crippen molar-refractivity contribution >= 4 is 16.9 Å². The predicted molar refractivity (Wildman–Crippen MR) is 131 cm³/mol. The maximum Gasteiger partial charge on any atom is 0.257 e. The number of carbonyl (C=O) groups excluding carboxylic acids is 1. The lowest BCUT2D eigenvalue weighted by atomic mass is 9.78. The largest absolute Gasteiger partial charge is 0.497 e. The van der Waals surface area contributed by atoms with Gasteiger partial charge in [-0.3, -0.25) is 9.78 Å². The first-order chi connectivity index (χ1) is 16.7. The van der Waals surface area contributed by atoms with Crippen LogP contribution in [0.5, 0.6) is 11.5 Å². The normalized spacial score (nSPS) is 20.9. The number of hydrogen-bond acceptors (Lipinski definition) is 5. The van der Waals surface area contributed by atoms with Crippen LogP contribution in [0.15, 0.2) is 42.7 Å². The van der Waals surface area contributed by atoms with Gasteiger partial charge in [0, 0.05) is 38.1 Å². The van der Waals surface area contributed by atoms with Crippen LogP contribution in [-0.2, 0) is 11.3 Å². The number of nitrogens with zero attached hydrogens (tertiary/aromatic N) is 3. The van der Waals surface area contributed by atoms with Crippen molar-refractivity contribution in [3.05, 3.63) is 53.9 Å². The second-order valence-electron chi connectivity index (χ2n) is 9.30. The quantitative estimate of drug-likeness (QED) is 0.539. The van der Waals surface area contributed by atoms with Crippen LogP contribution >= 0.6 is 0 Å². The first-order valence-corrected chi connectivity index (χ1v) is 12.2. The minimum atomic E-state index is 0.0565. The number of benzene rings is 1. The molecule has 5 rings (SSSR count). The second kappa shape index (κ2) is 10.1. The molecule has 0 radical (unpaired) electrons. The predicted octanol–water partition coefficient (Wildman–Crippen LogP) is 4.50. The van der Waals surface area contributed by atoms with Crippen LogP contribution in [0.25, 0.3) is 11.0 Å². The van der Waals surface area contributed by atoms with Crippen LogP contribution in [0.3, 0.4) is 0 Å². The van der Waals surface area contributed by atoms with E-state index in [2.05, 4.69) is 21.7 Å². The van der Waals surface area contributed by atoms with Gasteiger partial charge >= 0.3 is 0 Å². The Morgan fingerprint density at radius 2 is 1.88 bits per heavy atom. The summed E-state index contributed by atoms with van der Waals surface area (Å²) in [6, 6.07) is 10.2. The maximum absolute atomic E-state index is 13.2. The van der Waals surface area contributed by atoms with Crippen LogP contribution in [0, 0.1) is 5.92 Å². The van der Waals surface area contributed by atoms with Gasteiger partial charge in [-0.15, -0.1) is 0 Å². The molecular weight excluding hydrogens is 430 g/mol. The van der Waals surface area contributed by atoms with Crippen LogP contribution in [0.4, 0.5) is 0 Å². The molecule has 1 aliphatic heterocycles. The van der Waals surface area contributed by atoms with Crippen LogP contribution in [0.2, 0.25) is 0 Å². The molecule has 7 heteroatoms. The monoisotopic (exact) mass is 463 g/mol. The van der Waals surface area contributed by atoms with Gasteiger partial charge in [0.25, 0.3) is 5.91 Å². The van der Waals surface area contributed by atoms with Gasteiger partial charge in [-0.1, -0.05) is 6.07 Å². The summed E-state index contributed by atoms with van der Waals surface area (Å²) in [6.07, 6.45) is 8.35. The van der Waals surface area contributed by atoms with E-state index in [9.17, 15) is 4.79 Å². The van der Waals surface area contributed by atoms with Gasteiger partial charge in [-0.05, 0) is 61.3 Å². The molecule has 0 unspecified atom stereocenters. The molecule has 2 fully saturated rings. The molecule has 34 heavy (non-hydrogen) atoms. The first kappa shape index (κ1) is 22.7. The maximum atomic E-state index is 13.2. The molecule has 0 atom stereocenters. The molecule has 2 aliphatic rings. The number of amides is 1. The molecule has 1 aliphatic carbocycles. The molecule has 0 N–H and O–H groups in total. The molecule has 3 heterocycles. The number of hydrogen-bond donors (Lipinski definition) is 0. The Balaban J connectivity index is 1.30. The molecule has 1 aromatic carbocycles. The number of aromatic nitrogens is 2. The van der Waals surface area contributed by atoms with Gasteiger partial charge in [0.05, 0.1) is 38.5 Å². The van der Waals surface area contributed by atoms with Gasteiger partial charge < -0.3 is 23.7 Å². The number of morpholine rings is 1. The summed E-state index contributed by atoms with van der Waals surface area (Å²) in [7, 11) is 3.41. The highest BCUT2D eigenvalue weighted by atomic mass is 16.5. The Bertz CT molecular complexity index is 1140. The van der Waals surface area contributed by atoms with Crippen molar-refractivity contribution < 1.29 is 19.0 Å². The van der Waals surface area contributed by atoms with E-state index in [-0.39, 0.29) is 5.91 Å². The molecule has 1 saturated heterocycles. The highest BCUT2D eigenvalue weighted by Crippen LogP contribution is 2.41. The molecule has 180 valence electrons. The Morgan fingerprint density at radius 3 is 2.62 bits per heavy atom. The van der Waals surface area contributed by atoms with E-state index in [0.29, 0.717) is 43.7 Å². The molecule has 0 spiro atoms. The molecular formula is C27H33N3O4. The fourth-order valence-corrected chi connectivity index (χ4v) is 5.46. The third-order valence-corrected chi connectivity index (χ3v) is 7.35. The summed E-state index contributed by atoms with van der Waals surface area (Å²) >= 11 is 0. The topological polar surface area (TPSA) is 65.8 Å². The molecule has 1 saturated carbocycles. The van der Waals surface area contributed by atoms with Gasteiger partial charge in [0.15, 0.2) is 0 Å². The minimum Gasteiger partial charge on any atom is -0.497 e. The number of ether oxygens (including phenoxy) is 3. The third-order valence-electron chi connectivity index (χ3n) is 7.35. The standard InChI is InChI=1S/C27H33N3O4/c1-32-21-9-10-22(25(16-21)33-2)20-7-5-19(6-8-20)17-30-18-23(26-24(30)4-3-11-28-26)27(31)29-12-14-34-15-13-29/h3-4,9-11,16,18-20H,5-8,12-15,17H2,1-2H3. The van der Waals surface area contributed by atoms with Gasteiger partial charge in [-0.25, -0.2) is 0 Å². The number of rotatable bonds is 6. The van der Waals surface area contributed by atoms with E-state index in [4.69, 9.17) is 14.2 Å². The summed E-state index contributed by atoms with van der Waals surface area (Å²) in [4.78, 5) is 19.7. The number of carbonyl (C=O) groups is 1. The van der Waals surface area contributed by atoms with Gasteiger partial charge in [0.2, 0.25) is 0 Å². The molecule has 0 bridgehead atoms. The highest BCUT2D eigenvalue weighted by Gasteiger charge is 2.27. The van der Waals surface area contributed by atoms with E-state index in [0.717, 1.165) is 54.8 Å². The van der Waals surface area contributed by atoms with E-state index < -0.39 is 0 Å². The van der Waals surface area contributed by atoms with Crippen molar-refractivity contribution in [2.75, 3.05) is 40.5 Å². The summed E-state index contributed by atoms with van der Waals surface area (Å²) in [5.74, 6) is 2.86. The van der Waals surface area contributed by atoms with E-state index >= 15 is 0 Å². The Kier molecular flexibility index (Phi) is 6.72. The Labute approximate surface area is 200 Å². The van der Waals surface area contributed by atoms with E-state index in [1.807, 2.05) is 29.3 Å². The average Bonchev–Trinajstić information content (AvgIpc) is 3.27. The molecule has 1 amide bonds. The Hall–Kier alpha value is -3.06. The summed E-state index contributed by atoms with van der Waals surface area (Å²) in [6.45, 7) is 3.37. The van der Waals surface area contributed by atoms with Gasteiger partial charge in [0.1, 0.15) is 17.0 Å². The summed E-state index contributed by atoms with van der Waals surface area (Å²) in [5, 5.41) is 0. The van der Waals surface area contributed by atoms with Crippen molar-refractivity contribution in [2.24, 2.45) is 5.92 Å².